The van der Waals surface area contributed by atoms with Crippen molar-refractivity contribution in [2.75, 3.05) is 0 Å². The second-order valence-electron chi connectivity index (χ2n) is 4.43. The van der Waals surface area contributed by atoms with Gasteiger partial charge in [0, 0.05) is 12.1 Å². The standard InChI is InChI=1S/C12H18NO2P/c1-9(2)13(10(3)4)16-14-11-7-5-6-8-12(11)15-16/h5-10H,1-4H3. The Balaban J connectivity index is 2.15. The van der Waals surface area contributed by atoms with Gasteiger partial charge in [-0.05, 0) is 39.8 Å². The van der Waals surface area contributed by atoms with Crippen LogP contribution in [0.5, 0.6) is 11.5 Å². The summed E-state index contributed by atoms with van der Waals surface area (Å²) in [4.78, 5) is 0. The minimum absolute atomic E-state index is 0.417. The summed E-state index contributed by atoms with van der Waals surface area (Å²) in [5, 5.41) is 0. The van der Waals surface area contributed by atoms with Gasteiger partial charge in [0.1, 0.15) is 0 Å². The van der Waals surface area contributed by atoms with Gasteiger partial charge in [-0.3, -0.25) is 0 Å². The second-order valence-corrected chi connectivity index (χ2v) is 5.74. The smallest absolute Gasteiger partial charge is 0.385 e. The zero-order chi connectivity index (χ0) is 11.7. The van der Waals surface area contributed by atoms with E-state index in [0.29, 0.717) is 12.1 Å². The number of rotatable bonds is 3. The molecule has 0 radical (unpaired) electrons. The van der Waals surface area contributed by atoms with Crippen molar-refractivity contribution in [3.05, 3.63) is 24.3 Å². The molecule has 0 saturated carbocycles. The first-order chi connectivity index (χ1) is 7.59. The average Bonchev–Trinajstić information content (AvgIpc) is 2.58. The Morgan fingerprint density at radius 2 is 1.38 bits per heavy atom. The Hall–Kier alpha value is -0.790. The number of fused-ring (bicyclic) bond motifs is 1. The van der Waals surface area contributed by atoms with Crippen LogP contribution in [0.1, 0.15) is 27.7 Å². The van der Waals surface area contributed by atoms with Crippen molar-refractivity contribution < 1.29 is 9.05 Å². The minimum atomic E-state index is -0.981. The Morgan fingerprint density at radius 1 is 0.938 bits per heavy atom. The van der Waals surface area contributed by atoms with Gasteiger partial charge < -0.3 is 9.05 Å². The zero-order valence-electron chi connectivity index (χ0n) is 10.2. The molecule has 1 aromatic rings. The molecule has 0 aromatic heterocycles. The van der Waals surface area contributed by atoms with Crippen LogP contribution in [0.3, 0.4) is 0 Å². The normalized spacial score (nSPS) is 15.4. The van der Waals surface area contributed by atoms with Crippen LogP contribution in [0, 0.1) is 0 Å². The van der Waals surface area contributed by atoms with E-state index in [1.54, 1.807) is 0 Å². The van der Waals surface area contributed by atoms with E-state index < -0.39 is 8.53 Å². The molecule has 0 bridgehead atoms. The van der Waals surface area contributed by atoms with Gasteiger partial charge in [-0.25, -0.2) is 4.67 Å². The average molecular weight is 239 g/mol. The van der Waals surface area contributed by atoms with Crippen LogP contribution in [0.25, 0.3) is 0 Å². The maximum atomic E-state index is 5.86. The Morgan fingerprint density at radius 3 is 1.75 bits per heavy atom. The second kappa shape index (κ2) is 4.60. The quantitative estimate of drug-likeness (QED) is 0.749. The summed E-state index contributed by atoms with van der Waals surface area (Å²) in [5.41, 5.74) is 0. The van der Waals surface area contributed by atoms with E-state index in [2.05, 4.69) is 32.4 Å². The number of benzene rings is 1. The molecule has 0 N–H and O–H groups in total. The molecule has 0 aliphatic carbocycles. The third-order valence-electron chi connectivity index (χ3n) is 2.45. The van der Waals surface area contributed by atoms with Crippen molar-refractivity contribution in [3.8, 4) is 11.5 Å². The lowest BCUT2D eigenvalue weighted by molar-refractivity contribution is 0.279. The van der Waals surface area contributed by atoms with Crippen molar-refractivity contribution in [2.24, 2.45) is 0 Å². The molecular formula is C12H18NO2P. The third kappa shape index (κ3) is 2.16. The topological polar surface area (TPSA) is 21.7 Å². The lowest BCUT2D eigenvalue weighted by atomic mass is 10.3. The predicted octanol–water partition coefficient (Wildman–Crippen LogP) is 3.80. The minimum Gasteiger partial charge on any atom is -0.423 e. The van der Waals surface area contributed by atoms with Crippen LogP contribution in [-0.4, -0.2) is 16.8 Å². The summed E-state index contributed by atoms with van der Waals surface area (Å²) < 4.78 is 14.0. The fraction of sp³-hybridized carbons (Fsp3) is 0.500. The van der Waals surface area contributed by atoms with Crippen molar-refractivity contribution in [1.29, 1.82) is 0 Å². The molecule has 0 atom stereocenters. The fourth-order valence-corrected chi connectivity index (χ4v) is 3.47. The Kier molecular flexibility index (Phi) is 3.36. The fourth-order valence-electron chi connectivity index (χ4n) is 1.86. The van der Waals surface area contributed by atoms with Crippen LogP contribution < -0.4 is 9.05 Å². The van der Waals surface area contributed by atoms with E-state index in [1.165, 1.54) is 0 Å². The molecule has 1 aliphatic rings. The highest BCUT2D eigenvalue weighted by Gasteiger charge is 2.35. The molecule has 1 aromatic carbocycles. The van der Waals surface area contributed by atoms with Gasteiger partial charge >= 0.3 is 8.53 Å². The summed E-state index contributed by atoms with van der Waals surface area (Å²) in [6.07, 6.45) is 0. The Bertz CT molecular complexity index is 335. The number of hydrogen-bond donors (Lipinski definition) is 0. The van der Waals surface area contributed by atoms with Crippen LogP contribution in [0.2, 0.25) is 0 Å². The van der Waals surface area contributed by atoms with Gasteiger partial charge in [-0.1, -0.05) is 12.1 Å². The van der Waals surface area contributed by atoms with E-state index in [4.69, 9.17) is 9.05 Å². The molecule has 0 fully saturated rings. The van der Waals surface area contributed by atoms with E-state index in [1.807, 2.05) is 24.3 Å². The molecule has 88 valence electrons. The van der Waals surface area contributed by atoms with Crippen LogP contribution in [0.4, 0.5) is 0 Å². The maximum absolute atomic E-state index is 5.86. The van der Waals surface area contributed by atoms with Gasteiger partial charge in [0.25, 0.3) is 0 Å². The molecule has 1 heterocycles. The highest BCUT2D eigenvalue weighted by atomic mass is 31.2. The van der Waals surface area contributed by atoms with Crippen LogP contribution in [-0.2, 0) is 0 Å². The van der Waals surface area contributed by atoms with Gasteiger partial charge in [-0.2, -0.15) is 0 Å². The molecule has 0 unspecified atom stereocenters. The van der Waals surface area contributed by atoms with Crippen LogP contribution in [0.15, 0.2) is 24.3 Å². The summed E-state index contributed by atoms with van der Waals surface area (Å²) in [5.74, 6) is 1.72. The zero-order valence-corrected chi connectivity index (χ0v) is 11.1. The molecule has 3 nitrogen and oxygen atoms in total. The van der Waals surface area contributed by atoms with E-state index in [0.717, 1.165) is 11.5 Å². The van der Waals surface area contributed by atoms with Crippen molar-refractivity contribution in [3.63, 3.8) is 0 Å². The monoisotopic (exact) mass is 239 g/mol. The Labute approximate surface area is 98.3 Å². The number of hydrogen-bond acceptors (Lipinski definition) is 3. The van der Waals surface area contributed by atoms with E-state index >= 15 is 0 Å². The van der Waals surface area contributed by atoms with Gasteiger partial charge in [0.15, 0.2) is 11.5 Å². The SMILES string of the molecule is CC(C)N(C(C)C)P1Oc2ccccc2O1. The molecule has 4 heteroatoms. The summed E-state index contributed by atoms with van der Waals surface area (Å²) >= 11 is 0. The van der Waals surface area contributed by atoms with Crippen molar-refractivity contribution in [2.45, 2.75) is 39.8 Å². The molecule has 0 spiro atoms. The summed E-state index contributed by atoms with van der Waals surface area (Å²) in [7, 11) is -0.981. The summed E-state index contributed by atoms with van der Waals surface area (Å²) in [6.45, 7) is 8.66. The summed E-state index contributed by atoms with van der Waals surface area (Å²) in [6, 6.07) is 8.68. The van der Waals surface area contributed by atoms with E-state index in [9.17, 15) is 0 Å². The van der Waals surface area contributed by atoms with Crippen LogP contribution >= 0.6 is 8.53 Å². The maximum Gasteiger partial charge on any atom is 0.385 e. The largest absolute Gasteiger partial charge is 0.423 e. The lowest BCUT2D eigenvalue weighted by Gasteiger charge is -2.31. The predicted molar refractivity (Wildman–Crippen MR) is 66.7 cm³/mol. The highest BCUT2D eigenvalue weighted by Crippen LogP contribution is 2.55. The first-order valence-electron chi connectivity index (χ1n) is 5.63. The molecule has 0 amide bonds. The van der Waals surface area contributed by atoms with E-state index in [-0.39, 0.29) is 0 Å². The number of para-hydroxylation sites is 2. The molecule has 2 rings (SSSR count). The van der Waals surface area contributed by atoms with Gasteiger partial charge in [-0.15, -0.1) is 0 Å². The van der Waals surface area contributed by atoms with Gasteiger partial charge in [0.05, 0.1) is 0 Å². The first-order valence-corrected chi connectivity index (χ1v) is 6.76. The third-order valence-corrected chi connectivity index (χ3v) is 4.46. The van der Waals surface area contributed by atoms with Crippen molar-refractivity contribution >= 4 is 8.53 Å². The number of nitrogens with zero attached hydrogens (tertiary/aromatic N) is 1. The molecule has 16 heavy (non-hydrogen) atoms. The molecule has 0 saturated heterocycles. The molecule has 1 aliphatic heterocycles. The first kappa shape index (κ1) is 11.7. The van der Waals surface area contributed by atoms with Crippen molar-refractivity contribution in [1.82, 2.24) is 4.67 Å². The van der Waals surface area contributed by atoms with Gasteiger partial charge in [0.2, 0.25) is 0 Å². The highest BCUT2D eigenvalue weighted by molar-refractivity contribution is 7.45. The lowest BCUT2D eigenvalue weighted by Crippen LogP contribution is -2.34. The molecular weight excluding hydrogens is 221 g/mol.